The van der Waals surface area contributed by atoms with E-state index in [0.29, 0.717) is 11.8 Å². The Morgan fingerprint density at radius 1 is 1.11 bits per heavy atom. The highest BCUT2D eigenvalue weighted by Gasteiger charge is 2.31. The summed E-state index contributed by atoms with van der Waals surface area (Å²) in [6.07, 6.45) is -4.69. The van der Waals surface area contributed by atoms with Crippen LogP contribution in [0.4, 0.5) is 23.4 Å². The molecule has 0 unspecified atom stereocenters. The molecule has 0 aliphatic carbocycles. The first kappa shape index (κ1) is 21.3. The zero-order chi connectivity index (χ0) is 21.1. The van der Waals surface area contributed by atoms with Crippen molar-refractivity contribution in [1.29, 1.82) is 0 Å². The molecule has 0 saturated heterocycles. The molecule has 0 aliphatic rings. The maximum Gasteiger partial charge on any atom is 0.416 e. The maximum absolute atomic E-state index is 13.4. The number of amides is 2. The Morgan fingerprint density at radius 3 is 2.39 bits per heavy atom. The first-order valence-corrected chi connectivity index (χ1v) is 8.40. The van der Waals surface area contributed by atoms with Crippen molar-refractivity contribution in [2.45, 2.75) is 33.5 Å². The Morgan fingerprint density at radius 2 is 1.79 bits per heavy atom. The summed E-state index contributed by atoms with van der Waals surface area (Å²) in [7, 11) is 0. The van der Waals surface area contributed by atoms with Gasteiger partial charge in [-0.3, -0.25) is 9.59 Å². The highest BCUT2D eigenvalue weighted by Crippen LogP contribution is 2.30. The Kier molecular flexibility index (Phi) is 6.37. The van der Waals surface area contributed by atoms with E-state index in [1.165, 1.54) is 12.1 Å². The summed E-state index contributed by atoms with van der Waals surface area (Å²) < 4.78 is 51.7. The van der Waals surface area contributed by atoms with Crippen LogP contribution in [0.1, 0.15) is 41.0 Å². The molecule has 9 heteroatoms. The summed E-state index contributed by atoms with van der Waals surface area (Å²) >= 11 is 0. The second-order valence-corrected chi connectivity index (χ2v) is 6.55. The number of carbonyl (C=O) groups is 2. The zero-order valence-corrected chi connectivity index (χ0v) is 15.4. The number of aromatic nitrogens is 1. The largest absolute Gasteiger partial charge is 0.416 e. The molecule has 1 heterocycles. The van der Waals surface area contributed by atoms with Crippen molar-refractivity contribution in [2.24, 2.45) is 5.92 Å². The fraction of sp³-hybridized carbons (Fsp3) is 0.316. The molecule has 2 aromatic rings. The predicted molar refractivity (Wildman–Crippen MR) is 95.0 cm³/mol. The number of rotatable bonds is 5. The van der Waals surface area contributed by atoms with Crippen LogP contribution in [0.3, 0.4) is 0 Å². The minimum Gasteiger partial charge on any atom is -0.348 e. The number of benzene rings is 1. The van der Waals surface area contributed by atoms with E-state index in [1.807, 2.05) is 0 Å². The molecule has 0 radical (unpaired) electrons. The maximum atomic E-state index is 13.4. The number of nitrogens with zero attached hydrogens (tertiary/aromatic N) is 1. The molecule has 1 aromatic carbocycles. The van der Waals surface area contributed by atoms with Crippen LogP contribution in [0.15, 0.2) is 30.3 Å². The SMILES string of the molecule is Cc1cc(C(=O)NCc2cc(F)cc(C(F)(F)F)c2)cc(NC(=O)C(C)C)n1. The summed E-state index contributed by atoms with van der Waals surface area (Å²) in [6.45, 7) is 4.73. The van der Waals surface area contributed by atoms with Gasteiger partial charge in [-0.15, -0.1) is 0 Å². The lowest BCUT2D eigenvalue weighted by Crippen LogP contribution is -2.24. The zero-order valence-electron chi connectivity index (χ0n) is 15.4. The number of hydrogen-bond donors (Lipinski definition) is 2. The minimum atomic E-state index is -4.69. The molecule has 0 aliphatic heterocycles. The van der Waals surface area contributed by atoms with Gasteiger partial charge in [0.2, 0.25) is 5.91 Å². The Balaban J connectivity index is 2.14. The minimum absolute atomic E-state index is 0.0280. The average Bonchev–Trinajstić information content (AvgIpc) is 2.57. The van der Waals surface area contributed by atoms with Gasteiger partial charge in [-0.1, -0.05) is 13.8 Å². The highest BCUT2D eigenvalue weighted by molar-refractivity contribution is 5.97. The number of carbonyl (C=O) groups excluding carboxylic acids is 2. The van der Waals surface area contributed by atoms with E-state index in [1.54, 1.807) is 20.8 Å². The number of nitrogens with one attached hydrogen (secondary N) is 2. The van der Waals surface area contributed by atoms with Gasteiger partial charge >= 0.3 is 6.18 Å². The van der Waals surface area contributed by atoms with E-state index in [-0.39, 0.29) is 35.3 Å². The molecule has 150 valence electrons. The number of pyridine rings is 1. The summed E-state index contributed by atoms with van der Waals surface area (Å²) in [5.41, 5.74) is -0.522. The molecule has 0 saturated carbocycles. The Hall–Kier alpha value is -2.97. The van der Waals surface area contributed by atoms with Crippen molar-refractivity contribution in [2.75, 3.05) is 5.32 Å². The molecule has 2 amide bonds. The van der Waals surface area contributed by atoms with Crippen molar-refractivity contribution in [3.63, 3.8) is 0 Å². The van der Waals surface area contributed by atoms with Crippen molar-refractivity contribution in [3.05, 3.63) is 58.5 Å². The van der Waals surface area contributed by atoms with E-state index in [0.717, 1.165) is 12.1 Å². The molecule has 1 aromatic heterocycles. The molecule has 2 N–H and O–H groups in total. The third-order valence-electron chi connectivity index (χ3n) is 3.73. The van der Waals surface area contributed by atoms with Gasteiger partial charge in [0, 0.05) is 23.7 Å². The van der Waals surface area contributed by atoms with Gasteiger partial charge < -0.3 is 10.6 Å². The normalized spacial score (nSPS) is 11.4. The molecule has 0 atom stereocenters. The quantitative estimate of drug-likeness (QED) is 0.747. The second kappa shape index (κ2) is 8.37. The molecule has 28 heavy (non-hydrogen) atoms. The van der Waals surface area contributed by atoms with Crippen molar-refractivity contribution < 1.29 is 27.2 Å². The molecule has 0 spiro atoms. The average molecular weight is 397 g/mol. The summed E-state index contributed by atoms with van der Waals surface area (Å²) in [6, 6.07) is 4.90. The number of aryl methyl sites for hydroxylation is 1. The Bertz CT molecular complexity index is 895. The van der Waals surface area contributed by atoms with E-state index >= 15 is 0 Å². The smallest absolute Gasteiger partial charge is 0.348 e. The van der Waals surface area contributed by atoms with Crippen LogP contribution in [0.2, 0.25) is 0 Å². The number of anilines is 1. The molecular formula is C19H19F4N3O2. The third kappa shape index (κ3) is 5.77. The fourth-order valence-corrected chi connectivity index (χ4v) is 2.33. The lowest BCUT2D eigenvalue weighted by Gasteiger charge is -2.12. The van der Waals surface area contributed by atoms with Crippen LogP contribution < -0.4 is 10.6 Å². The topological polar surface area (TPSA) is 71.1 Å². The monoisotopic (exact) mass is 397 g/mol. The van der Waals surface area contributed by atoms with Crippen LogP contribution in [0.5, 0.6) is 0 Å². The molecule has 0 bridgehead atoms. The van der Waals surface area contributed by atoms with Crippen LogP contribution in [0.25, 0.3) is 0 Å². The fourth-order valence-electron chi connectivity index (χ4n) is 2.33. The summed E-state index contributed by atoms with van der Waals surface area (Å²) in [5.74, 6) is -2.01. The molecule has 5 nitrogen and oxygen atoms in total. The number of halogens is 4. The molecule has 0 fully saturated rings. The van der Waals surface area contributed by atoms with Crippen LogP contribution in [-0.4, -0.2) is 16.8 Å². The Labute approximate surface area is 159 Å². The van der Waals surface area contributed by atoms with Gasteiger partial charge in [-0.05, 0) is 42.8 Å². The van der Waals surface area contributed by atoms with Crippen molar-refractivity contribution in [3.8, 4) is 0 Å². The number of hydrogen-bond acceptors (Lipinski definition) is 3. The van der Waals surface area contributed by atoms with Crippen molar-refractivity contribution >= 4 is 17.6 Å². The van der Waals surface area contributed by atoms with Crippen molar-refractivity contribution in [1.82, 2.24) is 10.3 Å². The second-order valence-electron chi connectivity index (χ2n) is 6.55. The van der Waals surface area contributed by atoms with Gasteiger partial charge in [0.25, 0.3) is 5.91 Å². The van der Waals surface area contributed by atoms with Gasteiger partial charge in [-0.2, -0.15) is 13.2 Å². The van der Waals surface area contributed by atoms with Gasteiger partial charge in [-0.25, -0.2) is 9.37 Å². The van der Waals surface area contributed by atoms with Crippen LogP contribution >= 0.6 is 0 Å². The van der Waals surface area contributed by atoms with E-state index in [4.69, 9.17) is 0 Å². The van der Waals surface area contributed by atoms with E-state index in [2.05, 4.69) is 15.6 Å². The summed E-state index contributed by atoms with van der Waals surface area (Å²) in [5, 5.41) is 5.02. The standard InChI is InChI=1S/C19H19F4N3O2/c1-10(2)17(27)26-16-7-13(4-11(3)25-16)18(28)24-9-12-5-14(19(21,22)23)8-15(20)6-12/h4-8,10H,9H2,1-3H3,(H,24,28)(H,25,26,27). The summed E-state index contributed by atoms with van der Waals surface area (Å²) in [4.78, 5) is 28.2. The lowest BCUT2D eigenvalue weighted by atomic mass is 10.1. The molecular weight excluding hydrogens is 378 g/mol. The third-order valence-corrected chi connectivity index (χ3v) is 3.73. The predicted octanol–water partition coefficient (Wildman–Crippen LogP) is 4.07. The lowest BCUT2D eigenvalue weighted by molar-refractivity contribution is -0.137. The van der Waals surface area contributed by atoms with Gasteiger partial charge in [0.15, 0.2) is 0 Å². The van der Waals surface area contributed by atoms with Crippen LogP contribution in [0, 0.1) is 18.7 Å². The molecule has 2 rings (SSSR count). The number of alkyl halides is 3. The van der Waals surface area contributed by atoms with Crippen LogP contribution in [-0.2, 0) is 17.5 Å². The van der Waals surface area contributed by atoms with E-state index < -0.39 is 23.5 Å². The first-order chi connectivity index (χ1) is 13.0. The first-order valence-electron chi connectivity index (χ1n) is 8.40. The highest BCUT2D eigenvalue weighted by atomic mass is 19.4. The van der Waals surface area contributed by atoms with E-state index in [9.17, 15) is 27.2 Å². The van der Waals surface area contributed by atoms with Gasteiger partial charge in [0.1, 0.15) is 11.6 Å². The van der Waals surface area contributed by atoms with Gasteiger partial charge in [0.05, 0.1) is 5.56 Å².